The molecule has 0 aliphatic heterocycles. The van der Waals surface area contributed by atoms with E-state index in [0.717, 1.165) is 182 Å². The van der Waals surface area contributed by atoms with Gasteiger partial charge in [-0.3, -0.25) is 0 Å². The fourth-order valence-electron chi connectivity index (χ4n) is 21.4. The van der Waals surface area contributed by atoms with Gasteiger partial charge in [0.05, 0.1) is 44.5 Å². The van der Waals surface area contributed by atoms with Gasteiger partial charge in [-0.1, -0.05) is 335 Å². The van der Waals surface area contributed by atoms with Gasteiger partial charge >= 0.3 is 0 Å². The lowest BCUT2D eigenvalue weighted by atomic mass is 9.82. The quantitative estimate of drug-likeness (QED) is 0.0940. The average molecular weight is 1870 g/mol. The molecule has 17 heteroatoms. The van der Waals surface area contributed by atoms with Crippen LogP contribution in [0.3, 0.4) is 0 Å². The first-order valence-corrected chi connectivity index (χ1v) is 48.8. The van der Waals surface area contributed by atoms with Crippen LogP contribution in [0.25, 0.3) is 274 Å². The lowest BCUT2D eigenvalue weighted by Gasteiger charge is -2.21. The summed E-state index contributed by atoms with van der Waals surface area (Å²) in [6.07, 6.45) is 0. The molecule has 0 spiro atoms. The van der Waals surface area contributed by atoms with Crippen LogP contribution in [0.15, 0.2) is 464 Å². The van der Waals surface area contributed by atoms with Crippen LogP contribution in [0.2, 0.25) is 0 Å². The molecular formula is C129H81N15O2. The third-order valence-corrected chi connectivity index (χ3v) is 28.3. The van der Waals surface area contributed by atoms with Crippen LogP contribution in [0.5, 0.6) is 0 Å². The lowest BCUT2D eigenvalue weighted by molar-refractivity contribution is 0.661. The number of furan rings is 2. The minimum Gasteiger partial charge on any atom is -0.456 e. The van der Waals surface area contributed by atoms with Gasteiger partial charge in [0.1, 0.15) is 22.3 Å². The molecule has 0 amide bonds. The molecule has 1 aliphatic rings. The van der Waals surface area contributed by atoms with E-state index >= 15 is 0 Å². The number of aromatic nitrogens is 15. The number of nitrogens with zero attached hydrogens (tertiary/aromatic N) is 15. The monoisotopic (exact) mass is 1870 g/mol. The molecule has 9 heterocycles. The first-order chi connectivity index (χ1) is 72.1. The number of hydrogen-bond acceptors (Lipinski definition) is 14. The minimum absolute atomic E-state index is 0.164. The molecule has 0 saturated carbocycles. The van der Waals surface area contributed by atoms with Crippen molar-refractivity contribution < 1.29 is 8.83 Å². The van der Waals surface area contributed by atoms with Crippen LogP contribution in [0.1, 0.15) is 25.0 Å². The molecule has 29 rings (SSSR count). The van der Waals surface area contributed by atoms with Gasteiger partial charge in [-0.25, -0.2) is 59.8 Å². The van der Waals surface area contributed by atoms with E-state index in [9.17, 15) is 0 Å². The highest BCUT2D eigenvalue weighted by atomic mass is 16.3. The lowest BCUT2D eigenvalue weighted by Crippen LogP contribution is -2.14. The summed E-state index contributed by atoms with van der Waals surface area (Å²) in [5, 5.41) is 11.0. The average Bonchev–Trinajstić information content (AvgIpc) is 1.54. The maximum absolute atomic E-state index is 6.36. The summed E-state index contributed by atoms with van der Waals surface area (Å²) in [5.41, 5.74) is 27.7. The van der Waals surface area contributed by atoms with Crippen molar-refractivity contribution in [1.29, 1.82) is 0 Å². The predicted molar refractivity (Wildman–Crippen MR) is 587 cm³/mol. The molecule has 0 N–H and O–H groups in total. The maximum atomic E-state index is 6.36. The summed E-state index contributed by atoms with van der Waals surface area (Å²) < 4.78 is 19.7. The Bertz CT molecular complexity index is 9990. The SMILES string of the molecule is CC1(C)c2ccccc2-c2cc3c(cc21)c1ccccc1n3-c1ccc(-c2nc(-c3ccccc3)nc(-c3ccc4c(c3)oc3ccccc34)n2)cc1-c1nc(-c2ccccc2)nc(-c2ccccc2)n1.c1ccc(-c2nc(-c3ccc(-n4c5ccccc5c5cc6c(cc54)c4ccccc4n6-c4ccccc4)c(-c4nc(-c5ccccc5)nc(-c5ccccc5)n4)c3)nc(-c3ccc4oc5ccccc5c4c3)n2)cc1. The Labute approximate surface area is 836 Å². The standard InChI is InChI=1S/C66H40N8O.C63H41N7O/c1-5-19-41(20-6-1)61-68-64(70-65(69-61)45-34-36-60-52(37-45)49-29-15-18-32-59(49)75-60)44-33-35-56(53(38-44)66-71-62(42-21-7-2-8-22-42)67-63(72-66)43-23-9-3-10-24-43)74-55-31-17-14-28-48(55)51-39-57-50(40-58(51)74)47-27-13-16-30-54(47)73(57)46-25-11-4-12-26-46;1-63(2)50-27-15-12-24-43(50)47-37-54-48(36-51(47)63)44-25-13-16-28-52(44)70(54)53-33-31-41(34-49(53)62-68-58(39-20-8-4-9-21-39)64-59(69-62)40-22-10-5-11-23-40)60-65-57(38-18-6-3-7-19-38)66-61(67-60)42-30-32-46-45-26-14-17-29-55(45)71-56(46)35-42/h1-40H;3-37H,1-2H3. The molecule has 0 saturated heterocycles. The number of para-hydroxylation sites is 6. The zero-order valence-corrected chi connectivity index (χ0v) is 78.8. The van der Waals surface area contributed by atoms with E-state index in [1.807, 2.05) is 237 Å². The molecule has 0 bridgehead atoms. The van der Waals surface area contributed by atoms with Crippen molar-refractivity contribution in [3.05, 3.63) is 466 Å². The van der Waals surface area contributed by atoms with Gasteiger partial charge in [-0.2, -0.15) is 0 Å². The molecule has 19 aromatic carbocycles. The highest BCUT2D eigenvalue weighted by molar-refractivity contribution is 6.20. The van der Waals surface area contributed by atoms with Crippen molar-refractivity contribution >= 4 is 109 Å². The Morgan fingerprint density at radius 2 is 0.459 bits per heavy atom. The molecule has 0 atom stereocenters. The normalized spacial score (nSPS) is 12.2. The number of rotatable bonds is 15. The summed E-state index contributed by atoms with van der Waals surface area (Å²) in [5.74, 6) is 6.45. The summed E-state index contributed by atoms with van der Waals surface area (Å²) in [6, 6.07) is 157. The van der Waals surface area contributed by atoms with E-state index in [2.05, 4.69) is 246 Å². The van der Waals surface area contributed by atoms with Gasteiger partial charge in [0, 0.05) is 132 Å². The largest absolute Gasteiger partial charge is 0.456 e. The Kier molecular flexibility index (Phi) is 19.8. The molecule has 1 aliphatic carbocycles. The van der Waals surface area contributed by atoms with Crippen molar-refractivity contribution in [2.45, 2.75) is 19.3 Å². The first-order valence-electron chi connectivity index (χ1n) is 48.8. The van der Waals surface area contributed by atoms with Crippen molar-refractivity contribution in [2.75, 3.05) is 0 Å². The van der Waals surface area contributed by atoms with Crippen molar-refractivity contribution in [3.8, 4) is 165 Å². The Morgan fingerprint density at radius 3 is 0.897 bits per heavy atom. The van der Waals surface area contributed by atoms with Gasteiger partial charge in [0.15, 0.2) is 69.9 Å². The van der Waals surface area contributed by atoms with Gasteiger partial charge in [-0.05, 0) is 156 Å². The fourth-order valence-corrected chi connectivity index (χ4v) is 21.4. The van der Waals surface area contributed by atoms with Crippen molar-refractivity contribution in [1.82, 2.24) is 73.5 Å². The Morgan fingerprint density at radius 1 is 0.164 bits per heavy atom. The van der Waals surface area contributed by atoms with Crippen LogP contribution in [0.4, 0.5) is 0 Å². The molecule has 0 unspecified atom stereocenters. The molecule has 28 aromatic rings. The Hall–Kier alpha value is -19.8. The van der Waals surface area contributed by atoms with Gasteiger partial charge in [0.2, 0.25) is 0 Å². The van der Waals surface area contributed by atoms with E-state index in [0.29, 0.717) is 69.9 Å². The first kappa shape index (κ1) is 84.3. The second-order valence-electron chi connectivity index (χ2n) is 37.4. The second-order valence-corrected chi connectivity index (χ2v) is 37.4. The van der Waals surface area contributed by atoms with Crippen molar-refractivity contribution in [3.63, 3.8) is 0 Å². The smallest absolute Gasteiger partial charge is 0.166 e. The molecule has 0 fully saturated rings. The Balaban J connectivity index is 0.000000142. The number of hydrogen-bond donors (Lipinski definition) is 0. The number of fused-ring (bicyclic) bond motifs is 18. The summed E-state index contributed by atoms with van der Waals surface area (Å²) in [7, 11) is 0. The topological polar surface area (TPSA) is 196 Å². The highest BCUT2D eigenvalue weighted by Crippen LogP contribution is 2.53. The maximum Gasteiger partial charge on any atom is 0.166 e. The summed E-state index contributed by atoms with van der Waals surface area (Å²) in [4.78, 5) is 63.0. The van der Waals surface area contributed by atoms with Gasteiger partial charge in [-0.15, -0.1) is 0 Å². The van der Waals surface area contributed by atoms with E-state index < -0.39 is 0 Å². The van der Waals surface area contributed by atoms with Crippen LogP contribution in [-0.2, 0) is 5.41 Å². The second kappa shape index (κ2) is 34.3. The van der Waals surface area contributed by atoms with Crippen LogP contribution < -0.4 is 0 Å². The molecule has 0 radical (unpaired) electrons. The van der Waals surface area contributed by atoms with E-state index in [1.54, 1.807) is 0 Å². The predicted octanol–water partition coefficient (Wildman–Crippen LogP) is 31.5. The van der Waals surface area contributed by atoms with Crippen molar-refractivity contribution in [2.24, 2.45) is 0 Å². The summed E-state index contributed by atoms with van der Waals surface area (Å²) in [6.45, 7) is 4.67. The molecule has 17 nitrogen and oxygen atoms in total. The zero-order chi connectivity index (χ0) is 96.6. The van der Waals surface area contributed by atoms with E-state index in [4.69, 9.17) is 68.6 Å². The molecule has 9 aromatic heterocycles. The molecule has 146 heavy (non-hydrogen) atoms. The van der Waals surface area contributed by atoms with Crippen LogP contribution >= 0.6 is 0 Å². The van der Waals surface area contributed by atoms with Gasteiger partial charge in [0.25, 0.3) is 0 Å². The van der Waals surface area contributed by atoms with Gasteiger partial charge < -0.3 is 22.5 Å². The fraction of sp³-hybridized carbons (Fsp3) is 0.0233. The minimum atomic E-state index is -0.164. The third kappa shape index (κ3) is 14.4. The van der Waals surface area contributed by atoms with E-state index in [1.165, 1.54) is 33.0 Å². The number of benzene rings is 19. The zero-order valence-electron chi connectivity index (χ0n) is 78.8. The highest BCUT2D eigenvalue weighted by Gasteiger charge is 2.37. The van der Waals surface area contributed by atoms with Crippen LogP contribution in [-0.4, -0.2) is 73.5 Å². The third-order valence-electron chi connectivity index (χ3n) is 28.3. The molecule has 684 valence electrons. The van der Waals surface area contributed by atoms with E-state index in [-0.39, 0.29) is 5.41 Å². The summed E-state index contributed by atoms with van der Waals surface area (Å²) >= 11 is 0. The van der Waals surface area contributed by atoms with Crippen LogP contribution in [0, 0.1) is 0 Å². The molecular weight excluding hydrogens is 1790 g/mol.